The summed E-state index contributed by atoms with van der Waals surface area (Å²) < 4.78 is 0. The van der Waals surface area contributed by atoms with Crippen LogP contribution in [0, 0.1) is 12.8 Å². The molecule has 0 aliphatic rings. The lowest BCUT2D eigenvalue weighted by Gasteiger charge is -2.15. The van der Waals surface area contributed by atoms with Crippen molar-refractivity contribution in [1.82, 2.24) is 5.32 Å². The van der Waals surface area contributed by atoms with Crippen LogP contribution in [0.1, 0.15) is 12.5 Å². The molecule has 0 spiro atoms. The highest BCUT2D eigenvalue weighted by Crippen LogP contribution is 2.22. The van der Waals surface area contributed by atoms with Gasteiger partial charge in [0, 0.05) is 27.9 Å². The Hall–Kier alpha value is -1.23. The second-order valence-corrected chi connectivity index (χ2v) is 7.51. The average Bonchev–Trinajstić information content (AvgIpc) is 2.52. The Balaban J connectivity index is 1.70. The molecule has 0 saturated heterocycles. The quantitative estimate of drug-likeness (QED) is 0.532. The van der Waals surface area contributed by atoms with Gasteiger partial charge in [0.2, 0.25) is 0 Å². The van der Waals surface area contributed by atoms with Crippen molar-refractivity contribution in [2.24, 2.45) is 5.92 Å². The molecule has 122 valence electrons. The van der Waals surface area contributed by atoms with Crippen molar-refractivity contribution in [3.8, 4) is 0 Å². The number of hydrogen-bond acceptors (Lipinski definition) is 2. The third-order valence-corrected chi connectivity index (χ3v) is 5.07. The number of thioether (sulfide) groups is 1. The standard InChI is InChI=1S/C18H21ClN2S2/c1-13-4-3-5-16(10-13)21-18(22)20-11-14(2)12-23-17-8-6-15(19)7-9-17/h3-10,14H,11-12H2,1-2H3,(H2,20,21,22)/t14-/m1/s1. The van der Waals surface area contributed by atoms with Gasteiger partial charge in [0.1, 0.15) is 0 Å². The van der Waals surface area contributed by atoms with E-state index in [0.29, 0.717) is 11.0 Å². The van der Waals surface area contributed by atoms with E-state index < -0.39 is 0 Å². The molecule has 0 amide bonds. The van der Waals surface area contributed by atoms with Gasteiger partial charge < -0.3 is 10.6 Å². The highest BCUT2D eigenvalue weighted by atomic mass is 35.5. The summed E-state index contributed by atoms with van der Waals surface area (Å²) in [5.41, 5.74) is 2.23. The maximum absolute atomic E-state index is 5.89. The molecule has 0 bridgehead atoms. The predicted octanol–water partition coefficient (Wildman–Crippen LogP) is 5.36. The van der Waals surface area contributed by atoms with Gasteiger partial charge in [-0.05, 0) is 67.0 Å². The van der Waals surface area contributed by atoms with Crippen LogP contribution < -0.4 is 10.6 Å². The smallest absolute Gasteiger partial charge is 0.170 e. The normalized spacial score (nSPS) is 11.8. The van der Waals surface area contributed by atoms with Gasteiger partial charge in [0.05, 0.1) is 0 Å². The van der Waals surface area contributed by atoms with Gasteiger partial charge in [-0.25, -0.2) is 0 Å². The summed E-state index contributed by atoms with van der Waals surface area (Å²) in [4.78, 5) is 1.24. The van der Waals surface area contributed by atoms with Gasteiger partial charge in [-0.3, -0.25) is 0 Å². The van der Waals surface area contributed by atoms with Gasteiger partial charge in [0.25, 0.3) is 0 Å². The topological polar surface area (TPSA) is 24.1 Å². The van der Waals surface area contributed by atoms with E-state index in [1.165, 1.54) is 10.5 Å². The van der Waals surface area contributed by atoms with Crippen molar-refractivity contribution in [3.05, 3.63) is 59.1 Å². The second kappa shape index (κ2) is 9.16. The van der Waals surface area contributed by atoms with Gasteiger partial charge in [0.15, 0.2) is 5.11 Å². The number of halogens is 1. The molecular formula is C18H21ClN2S2. The van der Waals surface area contributed by atoms with Crippen LogP contribution in [-0.2, 0) is 0 Å². The van der Waals surface area contributed by atoms with Crippen molar-refractivity contribution in [2.45, 2.75) is 18.7 Å². The molecule has 0 saturated carbocycles. The van der Waals surface area contributed by atoms with Gasteiger partial charge in [-0.2, -0.15) is 0 Å². The molecular weight excluding hydrogens is 344 g/mol. The third-order valence-electron chi connectivity index (χ3n) is 3.24. The molecule has 0 unspecified atom stereocenters. The first-order valence-electron chi connectivity index (χ1n) is 7.53. The molecule has 0 aromatic heterocycles. The molecule has 23 heavy (non-hydrogen) atoms. The summed E-state index contributed by atoms with van der Waals surface area (Å²) in [7, 11) is 0. The van der Waals surface area contributed by atoms with E-state index in [0.717, 1.165) is 23.0 Å². The van der Waals surface area contributed by atoms with Crippen LogP contribution in [0.2, 0.25) is 5.02 Å². The number of rotatable bonds is 6. The van der Waals surface area contributed by atoms with Crippen molar-refractivity contribution < 1.29 is 0 Å². The van der Waals surface area contributed by atoms with E-state index in [9.17, 15) is 0 Å². The Morgan fingerprint density at radius 3 is 2.65 bits per heavy atom. The maximum atomic E-state index is 5.89. The van der Waals surface area contributed by atoms with Crippen LogP contribution in [-0.4, -0.2) is 17.4 Å². The Morgan fingerprint density at radius 2 is 1.96 bits per heavy atom. The van der Waals surface area contributed by atoms with E-state index in [2.05, 4.69) is 48.7 Å². The first-order valence-corrected chi connectivity index (χ1v) is 9.30. The van der Waals surface area contributed by atoms with E-state index >= 15 is 0 Å². The zero-order valence-electron chi connectivity index (χ0n) is 13.3. The minimum atomic E-state index is 0.507. The number of aryl methyl sites for hydroxylation is 1. The molecule has 5 heteroatoms. The number of thiocarbonyl (C=S) groups is 1. The first kappa shape index (κ1) is 18.1. The van der Waals surface area contributed by atoms with Gasteiger partial charge >= 0.3 is 0 Å². The van der Waals surface area contributed by atoms with Crippen LogP contribution in [0.15, 0.2) is 53.4 Å². The summed E-state index contributed by atoms with van der Waals surface area (Å²) in [6.07, 6.45) is 0. The molecule has 2 aromatic rings. The molecule has 0 aliphatic heterocycles. The van der Waals surface area contributed by atoms with E-state index in [4.69, 9.17) is 23.8 Å². The highest BCUT2D eigenvalue weighted by molar-refractivity contribution is 7.99. The lowest BCUT2D eigenvalue weighted by molar-refractivity contribution is 0.637. The molecule has 2 rings (SSSR count). The lowest BCUT2D eigenvalue weighted by atomic mass is 10.2. The van der Waals surface area contributed by atoms with Crippen LogP contribution in [0.5, 0.6) is 0 Å². The molecule has 2 aromatic carbocycles. The Morgan fingerprint density at radius 1 is 1.22 bits per heavy atom. The molecule has 0 radical (unpaired) electrons. The Kier molecular flexibility index (Phi) is 7.21. The van der Waals surface area contributed by atoms with Crippen LogP contribution in [0.25, 0.3) is 0 Å². The van der Waals surface area contributed by atoms with Crippen molar-refractivity contribution in [2.75, 3.05) is 17.6 Å². The molecule has 0 aliphatic carbocycles. The molecule has 0 fully saturated rings. The van der Waals surface area contributed by atoms with Crippen LogP contribution in [0.4, 0.5) is 5.69 Å². The predicted molar refractivity (Wildman–Crippen MR) is 107 cm³/mol. The molecule has 2 nitrogen and oxygen atoms in total. The SMILES string of the molecule is Cc1cccc(NC(=S)NC[C@@H](C)CSc2ccc(Cl)cc2)c1. The van der Waals surface area contributed by atoms with E-state index in [1.807, 2.05) is 36.0 Å². The zero-order chi connectivity index (χ0) is 16.7. The van der Waals surface area contributed by atoms with Crippen molar-refractivity contribution in [1.29, 1.82) is 0 Å². The summed E-state index contributed by atoms with van der Waals surface area (Å²) in [6.45, 7) is 5.13. The summed E-state index contributed by atoms with van der Waals surface area (Å²) in [5.74, 6) is 1.54. The monoisotopic (exact) mass is 364 g/mol. The minimum Gasteiger partial charge on any atom is -0.362 e. The number of nitrogens with one attached hydrogen (secondary N) is 2. The van der Waals surface area contributed by atoms with Gasteiger partial charge in [-0.15, -0.1) is 11.8 Å². The number of anilines is 1. The lowest BCUT2D eigenvalue weighted by Crippen LogP contribution is -2.32. The average molecular weight is 365 g/mol. The Labute approximate surface area is 153 Å². The van der Waals surface area contributed by atoms with Crippen LogP contribution in [0.3, 0.4) is 0 Å². The van der Waals surface area contributed by atoms with E-state index in [-0.39, 0.29) is 0 Å². The summed E-state index contributed by atoms with van der Waals surface area (Å²) >= 11 is 13.1. The molecule has 1 atom stereocenters. The maximum Gasteiger partial charge on any atom is 0.170 e. The fourth-order valence-corrected chi connectivity index (χ4v) is 3.24. The van der Waals surface area contributed by atoms with Crippen LogP contribution >= 0.6 is 35.6 Å². The fourth-order valence-electron chi connectivity index (χ4n) is 1.99. The Bertz CT molecular complexity index is 644. The first-order chi connectivity index (χ1) is 11.0. The van der Waals surface area contributed by atoms with E-state index in [1.54, 1.807) is 0 Å². The van der Waals surface area contributed by atoms with Gasteiger partial charge in [-0.1, -0.05) is 30.7 Å². The third kappa shape index (κ3) is 6.81. The summed E-state index contributed by atoms with van der Waals surface area (Å²) in [5, 5.41) is 7.94. The number of benzene rings is 2. The summed E-state index contributed by atoms with van der Waals surface area (Å²) in [6, 6.07) is 16.1. The fraction of sp³-hybridized carbons (Fsp3) is 0.278. The number of hydrogen-bond donors (Lipinski definition) is 2. The second-order valence-electron chi connectivity index (χ2n) is 5.57. The largest absolute Gasteiger partial charge is 0.362 e. The highest BCUT2D eigenvalue weighted by Gasteiger charge is 2.05. The van der Waals surface area contributed by atoms with Crippen molar-refractivity contribution >= 4 is 46.4 Å². The molecule has 2 N–H and O–H groups in total. The van der Waals surface area contributed by atoms with Crippen molar-refractivity contribution in [3.63, 3.8) is 0 Å². The zero-order valence-corrected chi connectivity index (χ0v) is 15.7. The molecule has 0 heterocycles. The minimum absolute atomic E-state index is 0.507.